The molecule has 2 rings (SSSR count). The van der Waals surface area contributed by atoms with Crippen molar-refractivity contribution in [3.8, 4) is 5.75 Å². The minimum atomic E-state index is -0.708. The summed E-state index contributed by atoms with van der Waals surface area (Å²) < 4.78 is 35.1. The molecule has 6 nitrogen and oxygen atoms in total. The van der Waals surface area contributed by atoms with Crippen LogP contribution in [0.5, 0.6) is 5.75 Å². The highest BCUT2D eigenvalue weighted by atomic mass is 35.5. The van der Waals surface area contributed by atoms with Crippen LogP contribution in [-0.2, 0) is 6.54 Å². The first-order valence-electron chi connectivity index (χ1n) is 7.46. The molecule has 0 fully saturated rings. The summed E-state index contributed by atoms with van der Waals surface area (Å²) in [6, 6.07) is 2.30. The summed E-state index contributed by atoms with van der Waals surface area (Å²) in [5, 5.41) is 11.8. The zero-order valence-electron chi connectivity index (χ0n) is 14.6. The normalized spacial score (nSPS) is 10.3. The summed E-state index contributed by atoms with van der Waals surface area (Å²) in [6.07, 6.45) is 0. The Bertz CT molecular complexity index is 753. The highest BCUT2D eigenvalue weighted by Crippen LogP contribution is 2.26. The van der Waals surface area contributed by atoms with Crippen molar-refractivity contribution in [3.05, 3.63) is 40.6 Å². The average Bonchev–Trinajstić information content (AvgIpc) is 2.80. The van der Waals surface area contributed by atoms with Crippen molar-refractivity contribution in [3.63, 3.8) is 0 Å². The minimum absolute atomic E-state index is 0. The molecule has 0 atom stereocenters. The van der Waals surface area contributed by atoms with E-state index in [9.17, 15) is 8.78 Å². The molecule has 0 saturated carbocycles. The smallest absolute Gasteiger partial charge is 0.144 e. The molecule has 0 amide bonds. The fourth-order valence-electron chi connectivity index (χ4n) is 2.61. The van der Waals surface area contributed by atoms with Gasteiger partial charge in [0.15, 0.2) is 0 Å². The van der Waals surface area contributed by atoms with Gasteiger partial charge in [-0.2, -0.15) is 5.10 Å². The monoisotopic (exact) mass is 373 g/mol. The van der Waals surface area contributed by atoms with Gasteiger partial charge < -0.3 is 15.4 Å². The van der Waals surface area contributed by atoms with Crippen molar-refractivity contribution >= 4 is 24.1 Å². The molecule has 0 bridgehead atoms. The van der Waals surface area contributed by atoms with Crippen LogP contribution in [0.15, 0.2) is 12.1 Å². The maximum Gasteiger partial charge on any atom is 0.144 e. The Morgan fingerprint density at radius 3 is 2.32 bits per heavy atom. The van der Waals surface area contributed by atoms with Crippen LogP contribution in [0.25, 0.3) is 0 Å². The molecule has 2 aromatic rings. The zero-order valence-corrected chi connectivity index (χ0v) is 15.4. The number of ether oxygens (including phenoxy) is 1. The number of nitrogens with one attached hydrogen (secondary N) is 1. The number of nitrogens with two attached hydrogens (primary N) is 1. The third kappa shape index (κ3) is 4.19. The molecule has 0 spiro atoms. The van der Waals surface area contributed by atoms with Gasteiger partial charge in [0.25, 0.3) is 0 Å². The number of anilines is 1. The first kappa shape index (κ1) is 20.7. The van der Waals surface area contributed by atoms with Gasteiger partial charge in [0.1, 0.15) is 34.7 Å². The second kappa shape index (κ2) is 8.15. The minimum Gasteiger partial charge on any atom is -0.494 e. The molecule has 0 aliphatic rings. The first-order chi connectivity index (χ1) is 11.3. The van der Waals surface area contributed by atoms with E-state index < -0.39 is 11.6 Å². The molecule has 0 radical (unpaired) electrons. The molecule has 25 heavy (non-hydrogen) atoms. The maximum absolute atomic E-state index is 14.3. The molecule has 0 aliphatic carbocycles. The zero-order chi connectivity index (χ0) is 18.0. The Balaban J connectivity index is 0.00000312. The Hall–Kier alpha value is -2.35. The van der Waals surface area contributed by atoms with E-state index in [1.807, 2.05) is 0 Å². The number of amidine groups is 1. The Kier molecular flexibility index (Phi) is 6.75. The summed E-state index contributed by atoms with van der Waals surface area (Å²) >= 11 is 0. The predicted molar refractivity (Wildman–Crippen MR) is 96.2 cm³/mol. The highest BCUT2D eigenvalue weighted by molar-refractivity contribution is 5.95. The number of rotatable bonds is 6. The maximum atomic E-state index is 14.3. The molecule has 1 aromatic heterocycles. The van der Waals surface area contributed by atoms with Crippen LogP contribution < -0.4 is 15.4 Å². The van der Waals surface area contributed by atoms with Crippen LogP contribution in [0.4, 0.5) is 14.6 Å². The van der Waals surface area contributed by atoms with Crippen molar-refractivity contribution in [2.24, 2.45) is 5.73 Å². The Labute approximate surface area is 151 Å². The van der Waals surface area contributed by atoms with E-state index in [1.54, 1.807) is 32.8 Å². The molecule has 0 aliphatic heterocycles. The summed E-state index contributed by atoms with van der Waals surface area (Å²) in [5.41, 5.74) is 6.38. The van der Waals surface area contributed by atoms with Gasteiger partial charge in [-0.15, -0.1) is 12.4 Å². The number of hydrogen-bond donors (Lipinski definition) is 2. The largest absolute Gasteiger partial charge is 0.494 e. The van der Waals surface area contributed by atoms with Crippen LogP contribution in [0.2, 0.25) is 0 Å². The van der Waals surface area contributed by atoms with Crippen molar-refractivity contribution in [2.75, 3.05) is 25.6 Å². The number of nitrogen functional groups attached to an aromatic ring is 1. The van der Waals surface area contributed by atoms with Crippen LogP contribution in [-0.4, -0.2) is 36.3 Å². The van der Waals surface area contributed by atoms with Gasteiger partial charge in [0.2, 0.25) is 0 Å². The molecule has 1 heterocycles. The van der Waals surface area contributed by atoms with Crippen LogP contribution in [0.3, 0.4) is 0 Å². The average molecular weight is 374 g/mol. The lowest BCUT2D eigenvalue weighted by atomic mass is 10.2. The number of nitrogens with zero attached hydrogens (tertiary/aromatic N) is 3. The molecule has 0 unspecified atom stereocenters. The standard InChI is InChI=1S/C16H21F2N5O.ClH/c1-5-24-10-6-12(17)11(13(18)7-10)8-23-16(22(3)4)9(2)14(21-23)15(19)20;/h6-7H,5,8H2,1-4H3,(H3,19,20);1H. The molecule has 138 valence electrons. The molecule has 3 N–H and O–H groups in total. The third-order valence-electron chi connectivity index (χ3n) is 3.57. The number of hydrogen-bond acceptors (Lipinski definition) is 4. The number of aromatic nitrogens is 2. The Morgan fingerprint density at radius 2 is 1.88 bits per heavy atom. The summed E-state index contributed by atoms with van der Waals surface area (Å²) in [5.74, 6) is -0.832. The van der Waals surface area contributed by atoms with E-state index in [2.05, 4.69) is 5.10 Å². The van der Waals surface area contributed by atoms with E-state index in [4.69, 9.17) is 15.9 Å². The lowest BCUT2D eigenvalue weighted by Crippen LogP contribution is -2.17. The van der Waals surface area contributed by atoms with Gasteiger partial charge in [-0.3, -0.25) is 5.41 Å². The Morgan fingerprint density at radius 1 is 1.32 bits per heavy atom. The van der Waals surface area contributed by atoms with E-state index in [0.717, 1.165) is 12.1 Å². The predicted octanol–water partition coefficient (Wildman–Crippen LogP) is 2.69. The second-order valence-corrected chi connectivity index (χ2v) is 5.56. The number of halogens is 3. The molecule has 0 saturated heterocycles. The van der Waals surface area contributed by atoms with Gasteiger partial charge in [-0.25, -0.2) is 13.5 Å². The fraction of sp³-hybridized carbons (Fsp3) is 0.375. The van der Waals surface area contributed by atoms with Crippen LogP contribution in [0.1, 0.15) is 23.7 Å². The van der Waals surface area contributed by atoms with Crippen molar-refractivity contribution in [2.45, 2.75) is 20.4 Å². The third-order valence-corrected chi connectivity index (χ3v) is 3.57. The van der Waals surface area contributed by atoms with Crippen molar-refractivity contribution in [1.82, 2.24) is 9.78 Å². The lowest BCUT2D eigenvalue weighted by molar-refractivity contribution is 0.335. The molecular formula is C16H22ClF2N5O. The van der Waals surface area contributed by atoms with Crippen molar-refractivity contribution < 1.29 is 13.5 Å². The fourth-order valence-corrected chi connectivity index (χ4v) is 2.61. The van der Waals surface area contributed by atoms with Crippen LogP contribution in [0, 0.1) is 24.0 Å². The highest BCUT2D eigenvalue weighted by Gasteiger charge is 2.20. The van der Waals surface area contributed by atoms with Gasteiger partial charge in [0, 0.05) is 37.4 Å². The van der Waals surface area contributed by atoms with Gasteiger partial charge in [-0.05, 0) is 13.8 Å². The topological polar surface area (TPSA) is 80.2 Å². The lowest BCUT2D eigenvalue weighted by Gasteiger charge is -2.17. The van der Waals surface area contributed by atoms with E-state index in [0.29, 0.717) is 23.7 Å². The molecule has 1 aromatic carbocycles. The molecular weight excluding hydrogens is 352 g/mol. The van der Waals surface area contributed by atoms with Gasteiger partial charge in [-0.1, -0.05) is 0 Å². The summed E-state index contributed by atoms with van der Waals surface area (Å²) in [4.78, 5) is 1.76. The quantitative estimate of drug-likeness (QED) is 0.602. The SMILES string of the molecule is CCOc1cc(F)c(Cn2nc(C(=N)N)c(C)c2N(C)C)c(F)c1.Cl. The number of benzene rings is 1. The summed E-state index contributed by atoms with van der Waals surface area (Å²) in [7, 11) is 3.57. The second-order valence-electron chi connectivity index (χ2n) is 5.56. The first-order valence-corrected chi connectivity index (χ1v) is 7.46. The molecule has 9 heteroatoms. The van der Waals surface area contributed by atoms with Crippen LogP contribution >= 0.6 is 12.4 Å². The van der Waals surface area contributed by atoms with E-state index in [-0.39, 0.29) is 36.1 Å². The summed E-state index contributed by atoms with van der Waals surface area (Å²) in [6.45, 7) is 3.71. The van der Waals surface area contributed by atoms with E-state index in [1.165, 1.54) is 4.68 Å². The van der Waals surface area contributed by atoms with E-state index >= 15 is 0 Å². The van der Waals surface area contributed by atoms with Gasteiger partial charge >= 0.3 is 0 Å². The van der Waals surface area contributed by atoms with Crippen molar-refractivity contribution in [1.29, 1.82) is 5.41 Å². The van der Waals surface area contributed by atoms with Gasteiger partial charge in [0.05, 0.1) is 13.2 Å².